The monoisotopic (exact) mass is 470 g/mol. The van der Waals surface area contributed by atoms with E-state index in [1.54, 1.807) is 31.3 Å². The molecule has 0 aliphatic rings. The lowest BCUT2D eigenvalue weighted by atomic mass is 10.1. The van der Waals surface area contributed by atoms with Gasteiger partial charge in [-0.25, -0.2) is 0 Å². The predicted octanol–water partition coefficient (Wildman–Crippen LogP) is 0.413. The number of ether oxygens (including phenoxy) is 2. The van der Waals surface area contributed by atoms with E-state index in [1.807, 2.05) is 13.8 Å². The lowest BCUT2D eigenvalue weighted by molar-refractivity contribution is -0.757. The molecular formula is C21H34N4O8. The molecule has 12 heteroatoms. The molecule has 0 saturated carbocycles. The summed E-state index contributed by atoms with van der Waals surface area (Å²) in [5.74, 6) is 0.604. The van der Waals surface area contributed by atoms with Crippen molar-refractivity contribution in [1.29, 1.82) is 0 Å². The molecule has 12 nitrogen and oxygen atoms in total. The minimum Gasteiger partial charge on any atom is -0.487 e. The zero-order chi connectivity index (χ0) is 24.7. The van der Waals surface area contributed by atoms with Gasteiger partial charge in [-0.1, -0.05) is 12.1 Å². The first-order chi connectivity index (χ1) is 15.7. The van der Waals surface area contributed by atoms with Gasteiger partial charge in [0.1, 0.15) is 12.7 Å². The summed E-state index contributed by atoms with van der Waals surface area (Å²) in [6, 6.07) is 6.84. The number of unbranched alkanes of at least 4 members (excludes halogenated alkanes) is 1. The van der Waals surface area contributed by atoms with E-state index in [9.17, 15) is 24.8 Å². The van der Waals surface area contributed by atoms with Crippen molar-refractivity contribution in [3.05, 3.63) is 34.4 Å². The van der Waals surface area contributed by atoms with Crippen LogP contribution in [0.4, 0.5) is 0 Å². The van der Waals surface area contributed by atoms with Gasteiger partial charge in [0, 0.05) is 25.0 Å². The predicted molar refractivity (Wildman–Crippen MR) is 119 cm³/mol. The first-order valence-corrected chi connectivity index (χ1v) is 10.6. The molecule has 0 spiro atoms. The number of hydrogen-bond acceptors (Lipinski definition) is 10. The van der Waals surface area contributed by atoms with Gasteiger partial charge in [-0.15, -0.1) is 10.1 Å². The Hall–Kier alpha value is -2.96. The summed E-state index contributed by atoms with van der Waals surface area (Å²) in [7, 11) is 1.59. The summed E-state index contributed by atoms with van der Waals surface area (Å²) >= 11 is 0. The number of carbonyl (C=O) groups is 2. The van der Waals surface area contributed by atoms with E-state index in [-0.39, 0.29) is 32.1 Å². The number of para-hydroxylation sites is 2. The van der Waals surface area contributed by atoms with E-state index >= 15 is 0 Å². The quantitative estimate of drug-likeness (QED) is 0.0777. The maximum absolute atomic E-state index is 11.9. The highest BCUT2D eigenvalue weighted by molar-refractivity contribution is 5.75. The third-order valence-corrected chi connectivity index (χ3v) is 4.48. The molecule has 1 rings (SSSR count). The van der Waals surface area contributed by atoms with Crippen molar-refractivity contribution < 1.29 is 34.1 Å². The van der Waals surface area contributed by atoms with Gasteiger partial charge >= 0.3 is 0 Å². The second-order valence-electron chi connectivity index (χ2n) is 7.93. The van der Waals surface area contributed by atoms with Crippen molar-refractivity contribution in [2.45, 2.75) is 51.0 Å². The van der Waals surface area contributed by atoms with Gasteiger partial charge < -0.3 is 30.1 Å². The minimum absolute atomic E-state index is 0.00661. The largest absolute Gasteiger partial charge is 0.487 e. The number of carbonyl (C=O) groups excluding carboxylic acids is 2. The van der Waals surface area contributed by atoms with Crippen molar-refractivity contribution in [2.24, 2.45) is 0 Å². The van der Waals surface area contributed by atoms with E-state index in [2.05, 4.69) is 20.8 Å². The van der Waals surface area contributed by atoms with Gasteiger partial charge in [-0.2, -0.15) is 0 Å². The van der Waals surface area contributed by atoms with Crippen LogP contribution in [0.1, 0.15) is 33.1 Å². The molecule has 2 atom stereocenters. The van der Waals surface area contributed by atoms with Crippen LogP contribution in [0.15, 0.2) is 24.3 Å². The average molecular weight is 471 g/mol. The number of hydrogen-bond donors (Lipinski definition) is 4. The zero-order valence-electron chi connectivity index (χ0n) is 19.2. The molecule has 4 N–H and O–H groups in total. The van der Waals surface area contributed by atoms with Crippen LogP contribution in [-0.2, 0) is 14.4 Å². The Balaban J connectivity index is 2.34. The number of aliphatic hydroxyl groups excluding tert-OH is 1. The Morgan fingerprint density at radius 3 is 2.61 bits per heavy atom. The third kappa shape index (κ3) is 12.6. The van der Waals surface area contributed by atoms with Crippen molar-refractivity contribution in [2.75, 3.05) is 33.4 Å². The molecule has 0 bridgehead atoms. The molecule has 1 amide bonds. The SMILES string of the molecule is CNC(C=O)Oc1ccccc1OCC(O)CNC(C)(C)CNC(=O)CCCCO[N+](=O)[O-]. The molecule has 186 valence electrons. The van der Waals surface area contributed by atoms with E-state index in [4.69, 9.17) is 9.47 Å². The van der Waals surface area contributed by atoms with E-state index < -0.39 is 23.0 Å². The Morgan fingerprint density at radius 2 is 1.97 bits per heavy atom. The molecule has 0 saturated heterocycles. The molecule has 0 radical (unpaired) electrons. The number of nitrogens with zero attached hydrogens (tertiary/aromatic N) is 1. The molecular weight excluding hydrogens is 436 g/mol. The first-order valence-electron chi connectivity index (χ1n) is 10.6. The Kier molecular flexibility index (Phi) is 12.7. The molecule has 0 aromatic heterocycles. The molecule has 0 heterocycles. The third-order valence-electron chi connectivity index (χ3n) is 4.48. The van der Waals surface area contributed by atoms with Crippen LogP contribution in [0.2, 0.25) is 0 Å². The maximum Gasteiger partial charge on any atom is 0.294 e. The van der Waals surface area contributed by atoms with Gasteiger partial charge in [0.2, 0.25) is 12.1 Å². The van der Waals surface area contributed by atoms with E-state index in [0.29, 0.717) is 37.2 Å². The summed E-state index contributed by atoms with van der Waals surface area (Å²) < 4.78 is 11.2. The number of aliphatic hydroxyl groups is 1. The summed E-state index contributed by atoms with van der Waals surface area (Å²) in [5.41, 5.74) is -0.490. The molecule has 1 aromatic carbocycles. The fourth-order valence-corrected chi connectivity index (χ4v) is 2.59. The number of benzene rings is 1. The number of amides is 1. The second kappa shape index (κ2) is 15.0. The number of β-amino-alcohol motifs (C(OH)–C–C–N with tert-alkyl or cyclic N) is 1. The number of aldehydes is 1. The van der Waals surface area contributed by atoms with Crippen LogP contribution >= 0.6 is 0 Å². The highest BCUT2D eigenvalue weighted by Crippen LogP contribution is 2.27. The Bertz CT molecular complexity index is 747. The second-order valence-corrected chi connectivity index (χ2v) is 7.93. The van der Waals surface area contributed by atoms with Crippen molar-refractivity contribution >= 4 is 12.2 Å². The lowest BCUT2D eigenvalue weighted by Gasteiger charge is -2.28. The Morgan fingerprint density at radius 1 is 1.27 bits per heavy atom. The van der Waals surface area contributed by atoms with Crippen LogP contribution < -0.4 is 25.4 Å². The van der Waals surface area contributed by atoms with Crippen molar-refractivity contribution in [3.8, 4) is 11.5 Å². The summed E-state index contributed by atoms with van der Waals surface area (Å²) in [6.45, 7) is 4.28. The van der Waals surface area contributed by atoms with E-state index in [1.165, 1.54) is 0 Å². The summed E-state index contributed by atoms with van der Waals surface area (Å²) in [5, 5.41) is 28.2. The molecule has 1 aromatic rings. The lowest BCUT2D eigenvalue weighted by Crippen LogP contribution is -2.51. The van der Waals surface area contributed by atoms with Gasteiger partial charge in [0.05, 0.1) is 6.61 Å². The fraction of sp³-hybridized carbons (Fsp3) is 0.619. The fourth-order valence-electron chi connectivity index (χ4n) is 2.59. The van der Waals surface area contributed by atoms with Gasteiger partial charge in [0.25, 0.3) is 5.09 Å². The first kappa shape index (κ1) is 28.1. The van der Waals surface area contributed by atoms with Crippen molar-refractivity contribution in [3.63, 3.8) is 0 Å². The van der Waals surface area contributed by atoms with Crippen LogP contribution in [0.3, 0.4) is 0 Å². The van der Waals surface area contributed by atoms with Crippen LogP contribution in [-0.4, -0.2) is 73.6 Å². The smallest absolute Gasteiger partial charge is 0.294 e. The molecule has 0 aliphatic carbocycles. The molecule has 2 unspecified atom stereocenters. The minimum atomic E-state index is -0.854. The standard InChI is InChI=1S/C21H34N4O8/c1-21(2,15-23-19(28)10-6-7-11-32-25(29)30)24-12-16(27)14-31-17-8-4-5-9-18(17)33-20(13-26)22-3/h4-5,8-9,13,16,20,22,24,27H,6-7,10-12,14-15H2,1-3H3,(H,23,28). The van der Waals surface area contributed by atoms with Crippen molar-refractivity contribution in [1.82, 2.24) is 16.0 Å². The topological polar surface area (TPSA) is 161 Å². The number of nitrogens with one attached hydrogen (secondary N) is 3. The van der Waals surface area contributed by atoms with E-state index in [0.717, 1.165) is 0 Å². The summed E-state index contributed by atoms with van der Waals surface area (Å²) in [4.78, 5) is 37.1. The summed E-state index contributed by atoms with van der Waals surface area (Å²) in [6.07, 6.45) is 0.125. The zero-order valence-corrected chi connectivity index (χ0v) is 19.2. The van der Waals surface area contributed by atoms with Gasteiger partial charge in [-0.3, -0.25) is 14.9 Å². The van der Waals surface area contributed by atoms with Gasteiger partial charge in [-0.05, 0) is 45.9 Å². The number of likely N-dealkylation sites (N-methyl/N-ethyl adjacent to an activating group) is 1. The normalized spacial score (nSPS) is 13.0. The Labute approximate surface area is 193 Å². The molecule has 33 heavy (non-hydrogen) atoms. The van der Waals surface area contributed by atoms with Crippen LogP contribution in [0.25, 0.3) is 0 Å². The number of rotatable bonds is 18. The highest BCUT2D eigenvalue weighted by Gasteiger charge is 2.20. The van der Waals surface area contributed by atoms with Crippen LogP contribution in [0.5, 0.6) is 11.5 Å². The average Bonchev–Trinajstić information content (AvgIpc) is 2.78. The van der Waals surface area contributed by atoms with Gasteiger partial charge in [0.15, 0.2) is 17.8 Å². The van der Waals surface area contributed by atoms with Crippen LogP contribution in [0, 0.1) is 10.1 Å². The maximum atomic E-state index is 11.9. The highest BCUT2D eigenvalue weighted by atomic mass is 16.9. The molecule has 0 aliphatic heterocycles. The molecule has 0 fully saturated rings.